The van der Waals surface area contributed by atoms with Crippen molar-refractivity contribution in [3.63, 3.8) is 0 Å². The number of aromatic amines is 1. The fraction of sp³-hybridized carbons (Fsp3) is 0.357. The van der Waals surface area contributed by atoms with Crippen LogP contribution in [0.3, 0.4) is 0 Å². The van der Waals surface area contributed by atoms with Crippen LogP contribution in [0.5, 0.6) is 5.75 Å². The van der Waals surface area contributed by atoms with E-state index in [1.165, 1.54) is 0 Å². The van der Waals surface area contributed by atoms with E-state index in [4.69, 9.17) is 14.6 Å². The van der Waals surface area contributed by atoms with Crippen molar-refractivity contribution in [1.82, 2.24) is 4.98 Å². The molecule has 2 aromatic rings. The number of hydrogen-bond donors (Lipinski definition) is 4. The van der Waals surface area contributed by atoms with Gasteiger partial charge >= 0.3 is 5.97 Å². The van der Waals surface area contributed by atoms with E-state index in [2.05, 4.69) is 4.98 Å². The topological polar surface area (TPSA) is 112 Å². The molecule has 0 aliphatic carbocycles. The molecule has 0 radical (unpaired) electrons. The molecule has 21 heavy (non-hydrogen) atoms. The minimum Gasteiger partial charge on any atom is -0.422 e. The van der Waals surface area contributed by atoms with Gasteiger partial charge in [0.05, 0.1) is 6.61 Å². The van der Waals surface area contributed by atoms with Crippen LogP contribution in [0, 0.1) is 0 Å². The maximum atomic E-state index is 12.0. The first-order chi connectivity index (χ1) is 10.0. The van der Waals surface area contributed by atoms with Gasteiger partial charge in [0.1, 0.15) is 6.10 Å². The number of H-pyrrole nitrogens is 1. The van der Waals surface area contributed by atoms with Gasteiger partial charge in [0.15, 0.2) is 11.9 Å². The monoisotopic (exact) mass is 293 g/mol. The van der Waals surface area contributed by atoms with Crippen molar-refractivity contribution in [2.24, 2.45) is 0 Å². The van der Waals surface area contributed by atoms with Crippen LogP contribution in [0.4, 0.5) is 0 Å². The van der Waals surface area contributed by atoms with Gasteiger partial charge in [0.2, 0.25) is 5.79 Å². The molecule has 1 aromatic carbocycles. The highest BCUT2D eigenvalue weighted by Crippen LogP contribution is 2.31. The van der Waals surface area contributed by atoms with E-state index in [1.807, 2.05) is 18.2 Å². The first-order valence-corrected chi connectivity index (χ1v) is 6.50. The van der Waals surface area contributed by atoms with Crippen LogP contribution < -0.4 is 4.74 Å². The number of aliphatic hydroxyl groups excluding tert-OH is 2. The summed E-state index contributed by atoms with van der Waals surface area (Å²) in [5.41, 5.74) is 0.819. The van der Waals surface area contributed by atoms with Gasteiger partial charge in [-0.2, -0.15) is 0 Å². The van der Waals surface area contributed by atoms with Gasteiger partial charge in [0, 0.05) is 23.5 Å². The molecule has 1 aliphatic heterocycles. The smallest absolute Gasteiger partial charge is 0.340 e. The number of nitrogens with one attached hydrogen (secondary N) is 1. The van der Waals surface area contributed by atoms with E-state index in [1.54, 1.807) is 12.3 Å². The Morgan fingerprint density at radius 3 is 2.95 bits per heavy atom. The number of carbonyl (C=O) groups is 1. The van der Waals surface area contributed by atoms with Gasteiger partial charge in [-0.15, -0.1) is 0 Å². The van der Waals surface area contributed by atoms with Crippen molar-refractivity contribution in [2.45, 2.75) is 24.4 Å². The normalized spacial score (nSPS) is 28.9. The number of fused-ring (bicyclic) bond motifs is 1. The van der Waals surface area contributed by atoms with Gasteiger partial charge in [-0.05, 0) is 12.1 Å². The Morgan fingerprint density at radius 1 is 1.48 bits per heavy atom. The highest BCUT2D eigenvalue weighted by molar-refractivity contribution is 5.89. The molecule has 3 rings (SSSR count). The fourth-order valence-electron chi connectivity index (χ4n) is 2.35. The van der Waals surface area contributed by atoms with Crippen LogP contribution in [0.25, 0.3) is 10.9 Å². The predicted octanol–water partition coefficient (Wildman–Crippen LogP) is -0.0960. The Labute approximate surface area is 119 Å². The standard InChI is InChI=1S/C14H15NO6/c16-7-14(19)12(17)5-10(21-14)13(18)20-11-6-15-9-4-2-1-3-8(9)11/h1-4,6,10,12,15-17,19H,5,7H2/t10?,12?,14-/m1/s1. The summed E-state index contributed by atoms with van der Waals surface area (Å²) in [6.45, 7) is -0.801. The van der Waals surface area contributed by atoms with Crippen LogP contribution in [0.1, 0.15) is 6.42 Å². The third-order valence-corrected chi connectivity index (χ3v) is 3.56. The molecule has 1 aromatic heterocycles. The van der Waals surface area contributed by atoms with Crippen LogP contribution >= 0.6 is 0 Å². The van der Waals surface area contributed by atoms with Gasteiger partial charge in [-0.25, -0.2) is 4.79 Å². The molecular weight excluding hydrogens is 278 g/mol. The Morgan fingerprint density at radius 2 is 2.24 bits per heavy atom. The van der Waals surface area contributed by atoms with Gasteiger partial charge < -0.3 is 29.8 Å². The average molecular weight is 293 g/mol. The van der Waals surface area contributed by atoms with Crippen molar-refractivity contribution in [3.8, 4) is 5.75 Å². The molecule has 2 heterocycles. The lowest BCUT2D eigenvalue weighted by Crippen LogP contribution is -2.43. The number of carbonyl (C=O) groups excluding carboxylic acids is 1. The third-order valence-electron chi connectivity index (χ3n) is 3.56. The van der Waals surface area contributed by atoms with E-state index >= 15 is 0 Å². The Balaban J connectivity index is 1.76. The van der Waals surface area contributed by atoms with Crippen molar-refractivity contribution >= 4 is 16.9 Å². The maximum absolute atomic E-state index is 12.0. The van der Waals surface area contributed by atoms with Crippen molar-refractivity contribution in [3.05, 3.63) is 30.5 Å². The molecule has 7 heteroatoms. The van der Waals surface area contributed by atoms with Gasteiger partial charge in [0.25, 0.3) is 0 Å². The zero-order valence-corrected chi connectivity index (χ0v) is 11.0. The van der Waals surface area contributed by atoms with Crippen LogP contribution in [0.2, 0.25) is 0 Å². The number of esters is 1. The van der Waals surface area contributed by atoms with E-state index in [0.717, 1.165) is 10.9 Å². The van der Waals surface area contributed by atoms with E-state index in [9.17, 15) is 15.0 Å². The molecule has 2 unspecified atom stereocenters. The molecule has 0 spiro atoms. The average Bonchev–Trinajstić information content (AvgIpc) is 3.02. The summed E-state index contributed by atoms with van der Waals surface area (Å²) in [6, 6.07) is 7.30. The van der Waals surface area contributed by atoms with Crippen LogP contribution in [-0.2, 0) is 9.53 Å². The highest BCUT2D eigenvalue weighted by Gasteiger charge is 2.49. The summed E-state index contributed by atoms with van der Waals surface area (Å²) in [5, 5.41) is 29.1. The summed E-state index contributed by atoms with van der Waals surface area (Å²) in [6.07, 6.45) is -1.07. The van der Waals surface area contributed by atoms with E-state index < -0.39 is 30.6 Å². The minimum atomic E-state index is -2.12. The van der Waals surface area contributed by atoms with Crippen LogP contribution in [0.15, 0.2) is 30.5 Å². The highest BCUT2D eigenvalue weighted by atomic mass is 16.7. The summed E-state index contributed by atoms with van der Waals surface area (Å²) in [7, 11) is 0. The number of hydrogen-bond acceptors (Lipinski definition) is 6. The molecular formula is C14H15NO6. The zero-order chi connectivity index (χ0) is 15.0. The molecule has 1 saturated heterocycles. The third kappa shape index (κ3) is 2.40. The Hall–Kier alpha value is -1.93. The summed E-state index contributed by atoms with van der Waals surface area (Å²) in [4.78, 5) is 15.0. The van der Waals surface area contributed by atoms with Gasteiger partial charge in [-0.3, -0.25) is 0 Å². The lowest BCUT2D eigenvalue weighted by Gasteiger charge is -2.22. The first-order valence-electron chi connectivity index (χ1n) is 6.50. The molecule has 1 fully saturated rings. The second-order valence-electron chi connectivity index (χ2n) is 4.98. The van der Waals surface area contributed by atoms with Crippen molar-refractivity contribution < 1.29 is 29.6 Å². The number of aliphatic hydroxyl groups is 3. The van der Waals surface area contributed by atoms with E-state index in [-0.39, 0.29) is 6.42 Å². The predicted molar refractivity (Wildman–Crippen MR) is 71.5 cm³/mol. The lowest BCUT2D eigenvalue weighted by atomic mass is 10.1. The molecule has 4 N–H and O–H groups in total. The van der Waals surface area contributed by atoms with E-state index in [0.29, 0.717) is 5.75 Å². The van der Waals surface area contributed by atoms with Crippen molar-refractivity contribution in [2.75, 3.05) is 6.61 Å². The first kappa shape index (κ1) is 14.0. The minimum absolute atomic E-state index is 0.141. The second-order valence-corrected chi connectivity index (χ2v) is 4.98. The van der Waals surface area contributed by atoms with Crippen LogP contribution in [-0.4, -0.2) is 50.9 Å². The molecule has 1 aliphatic rings. The Kier molecular flexibility index (Phi) is 3.42. The summed E-state index contributed by atoms with van der Waals surface area (Å²) in [5.74, 6) is -2.51. The number of aromatic nitrogens is 1. The number of benzene rings is 1. The maximum Gasteiger partial charge on any atom is 0.340 e. The Bertz CT molecular complexity index is 668. The zero-order valence-electron chi connectivity index (χ0n) is 11.0. The number of ether oxygens (including phenoxy) is 2. The molecule has 0 bridgehead atoms. The molecule has 112 valence electrons. The second kappa shape index (κ2) is 5.12. The summed E-state index contributed by atoms with van der Waals surface area (Å²) >= 11 is 0. The summed E-state index contributed by atoms with van der Waals surface area (Å²) < 4.78 is 10.2. The largest absolute Gasteiger partial charge is 0.422 e. The quantitative estimate of drug-likeness (QED) is 0.588. The molecule has 0 saturated carbocycles. The fourth-order valence-corrected chi connectivity index (χ4v) is 2.35. The van der Waals surface area contributed by atoms with Crippen molar-refractivity contribution in [1.29, 1.82) is 0 Å². The van der Waals surface area contributed by atoms with Gasteiger partial charge in [-0.1, -0.05) is 12.1 Å². The number of para-hydroxylation sites is 1. The number of rotatable bonds is 3. The SMILES string of the molecule is O=C(Oc1c[nH]c2ccccc12)C1CC(O)[C@@](O)(CO)O1. The molecule has 7 nitrogen and oxygen atoms in total. The molecule has 3 atom stereocenters. The molecule has 0 amide bonds. The lowest BCUT2D eigenvalue weighted by molar-refractivity contribution is -0.245.